The molecule has 1 aromatic heterocycles. The molecule has 1 heterocycles. The number of anilines is 2. The Hall–Kier alpha value is -1.13. The van der Waals surface area contributed by atoms with Crippen LogP contribution in [0.5, 0.6) is 0 Å². The number of nitrogens with zero attached hydrogens (tertiary/aromatic N) is 2. The van der Waals surface area contributed by atoms with E-state index in [1.807, 2.05) is 0 Å². The molecule has 0 saturated heterocycles. The first kappa shape index (κ1) is 14.3. The highest BCUT2D eigenvalue weighted by molar-refractivity contribution is 9.11. The number of benzene rings is 1. The van der Waals surface area contributed by atoms with Crippen molar-refractivity contribution in [3.8, 4) is 0 Å². The minimum Gasteiger partial charge on any atom is -0.398 e. The number of nitrogen functional groups attached to an aromatic ring is 1. The Kier molecular flexibility index (Phi) is 3.83. The number of aryl methyl sites for hydroxylation is 1. The van der Waals surface area contributed by atoms with Crippen LogP contribution >= 0.6 is 31.9 Å². The lowest BCUT2D eigenvalue weighted by atomic mass is 10.3. The lowest BCUT2D eigenvalue weighted by molar-refractivity contribution is 0.429. The smallest absolute Gasteiger partial charge is 0.335 e. The highest BCUT2D eigenvalue weighted by Crippen LogP contribution is 2.32. The van der Waals surface area contributed by atoms with Crippen molar-refractivity contribution < 1.29 is 12.9 Å². The fourth-order valence-corrected chi connectivity index (χ4v) is 4.37. The van der Waals surface area contributed by atoms with Crippen molar-refractivity contribution in [2.45, 2.75) is 11.8 Å². The van der Waals surface area contributed by atoms with Crippen LogP contribution in [0.1, 0.15) is 5.82 Å². The number of hydrogen-bond donors (Lipinski definition) is 2. The number of sulfonamides is 1. The molecule has 0 amide bonds. The fraction of sp³-hybridized carbons (Fsp3) is 0.111. The van der Waals surface area contributed by atoms with Crippen molar-refractivity contribution in [2.24, 2.45) is 0 Å². The second-order valence-corrected chi connectivity index (χ2v) is 6.95. The summed E-state index contributed by atoms with van der Waals surface area (Å²) in [7, 11) is -3.92. The second-order valence-electron chi connectivity index (χ2n) is 3.56. The molecule has 1 aromatic carbocycles. The van der Waals surface area contributed by atoms with E-state index in [9.17, 15) is 8.42 Å². The van der Waals surface area contributed by atoms with Crippen LogP contribution in [0.25, 0.3) is 0 Å². The molecule has 0 fully saturated rings. The number of rotatable bonds is 3. The van der Waals surface area contributed by atoms with Gasteiger partial charge in [-0.05, 0) is 35.0 Å². The number of hydrogen-bond acceptors (Lipinski definition) is 6. The second kappa shape index (κ2) is 5.10. The summed E-state index contributed by atoms with van der Waals surface area (Å²) in [4.78, 5) is 3.67. The summed E-state index contributed by atoms with van der Waals surface area (Å²) in [6.45, 7) is 1.57. The minimum absolute atomic E-state index is 0.0880. The molecule has 0 atom stereocenters. The van der Waals surface area contributed by atoms with Gasteiger partial charge in [0.2, 0.25) is 0 Å². The molecule has 0 radical (unpaired) electrons. The van der Waals surface area contributed by atoms with E-state index in [0.717, 1.165) is 0 Å². The summed E-state index contributed by atoms with van der Waals surface area (Å²) >= 11 is 6.37. The molecule has 0 aliphatic rings. The normalized spacial score (nSPS) is 11.5. The maximum Gasteiger partial charge on any atom is 0.335 e. The summed E-state index contributed by atoms with van der Waals surface area (Å²) in [5.74, 6) is 0.320. The molecule has 0 bridgehead atoms. The van der Waals surface area contributed by atoms with Crippen LogP contribution in [-0.2, 0) is 10.0 Å². The van der Waals surface area contributed by atoms with Gasteiger partial charge in [-0.3, -0.25) is 0 Å². The number of aromatic nitrogens is 2. The van der Waals surface area contributed by atoms with E-state index in [1.54, 1.807) is 13.0 Å². The first-order valence-corrected chi connectivity index (χ1v) is 7.94. The molecular formula is C9H8Br2N4O3S. The summed E-state index contributed by atoms with van der Waals surface area (Å²) in [6.07, 6.45) is 0. The summed E-state index contributed by atoms with van der Waals surface area (Å²) in [6, 6.07) is 2.84. The highest BCUT2D eigenvalue weighted by atomic mass is 79.9. The number of halogens is 2. The van der Waals surface area contributed by atoms with Crippen molar-refractivity contribution in [2.75, 3.05) is 10.5 Å². The van der Waals surface area contributed by atoms with E-state index < -0.39 is 10.0 Å². The van der Waals surface area contributed by atoms with Gasteiger partial charge in [0.1, 0.15) is 4.90 Å². The molecule has 0 unspecified atom stereocenters. The van der Waals surface area contributed by atoms with Gasteiger partial charge in [0.25, 0.3) is 10.0 Å². The number of nitrogens with one attached hydrogen (secondary N) is 1. The lowest BCUT2D eigenvalue weighted by Gasteiger charge is -2.09. The zero-order valence-electron chi connectivity index (χ0n) is 9.52. The van der Waals surface area contributed by atoms with Crippen molar-refractivity contribution in [1.82, 2.24) is 10.1 Å². The predicted octanol–water partition coefficient (Wildman–Crippen LogP) is 2.29. The van der Waals surface area contributed by atoms with E-state index in [-0.39, 0.29) is 16.6 Å². The van der Waals surface area contributed by atoms with Crippen LogP contribution < -0.4 is 10.5 Å². The molecule has 10 heteroatoms. The third-order valence-corrected chi connectivity index (χ3v) is 4.84. The SMILES string of the molecule is Cc1noc(NS(=O)(=O)c2c(N)cc(Br)cc2Br)n1. The summed E-state index contributed by atoms with van der Waals surface area (Å²) in [5.41, 5.74) is 5.81. The van der Waals surface area contributed by atoms with E-state index in [4.69, 9.17) is 10.3 Å². The maximum atomic E-state index is 12.2. The maximum absolute atomic E-state index is 12.2. The van der Waals surface area contributed by atoms with Crippen molar-refractivity contribution >= 4 is 53.6 Å². The van der Waals surface area contributed by atoms with Crippen LogP contribution in [0, 0.1) is 6.92 Å². The quantitative estimate of drug-likeness (QED) is 0.749. The molecule has 102 valence electrons. The van der Waals surface area contributed by atoms with Crippen molar-refractivity contribution in [3.05, 3.63) is 26.9 Å². The molecule has 0 saturated carbocycles. The standard InChI is InChI=1S/C9H8Br2N4O3S/c1-4-13-9(18-14-4)15-19(16,17)8-6(11)2-5(10)3-7(8)12/h2-3H,12H2,1H3,(H,13,14,15). The van der Waals surface area contributed by atoms with Crippen LogP contribution in [0.15, 0.2) is 30.5 Å². The molecular weight excluding hydrogens is 404 g/mol. The molecule has 7 nitrogen and oxygen atoms in total. The topological polar surface area (TPSA) is 111 Å². The van der Waals surface area contributed by atoms with Gasteiger partial charge >= 0.3 is 6.01 Å². The fourth-order valence-electron chi connectivity index (χ4n) is 1.37. The first-order valence-electron chi connectivity index (χ1n) is 4.87. The molecule has 2 aromatic rings. The Morgan fingerprint density at radius 2 is 2.05 bits per heavy atom. The minimum atomic E-state index is -3.92. The zero-order chi connectivity index (χ0) is 14.2. The van der Waals surface area contributed by atoms with Crippen LogP contribution in [0.4, 0.5) is 11.7 Å². The molecule has 19 heavy (non-hydrogen) atoms. The largest absolute Gasteiger partial charge is 0.398 e. The Balaban J connectivity index is 2.45. The molecule has 0 spiro atoms. The molecule has 3 N–H and O–H groups in total. The van der Waals surface area contributed by atoms with Gasteiger partial charge in [-0.1, -0.05) is 21.1 Å². The van der Waals surface area contributed by atoms with E-state index in [2.05, 4.69) is 46.7 Å². The summed E-state index contributed by atoms with van der Waals surface area (Å²) < 4.78 is 32.2. The van der Waals surface area contributed by atoms with Crippen LogP contribution in [0.2, 0.25) is 0 Å². The Labute approximate surface area is 125 Å². The predicted molar refractivity (Wildman–Crippen MR) is 76.1 cm³/mol. The Morgan fingerprint density at radius 1 is 1.37 bits per heavy atom. The monoisotopic (exact) mass is 410 g/mol. The lowest BCUT2D eigenvalue weighted by Crippen LogP contribution is -2.15. The van der Waals surface area contributed by atoms with E-state index in [1.165, 1.54) is 6.07 Å². The van der Waals surface area contributed by atoms with E-state index in [0.29, 0.717) is 14.8 Å². The van der Waals surface area contributed by atoms with Crippen molar-refractivity contribution in [3.63, 3.8) is 0 Å². The Morgan fingerprint density at radius 3 is 2.58 bits per heavy atom. The van der Waals surface area contributed by atoms with Gasteiger partial charge in [0.05, 0.1) is 5.69 Å². The molecule has 2 rings (SSSR count). The molecule has 0 aliphatic carbocycles. The highest BCUT2D eigenvalue weighted by Gasteiger charge is 2.23. The average molecular weight is 412 g/mol. The molecule has 0 aliphatic heterocycles. The van der Waals surface area contributed by atoms with E-state index >= 15 is 0 Å². The van der Waals surface area contributed by atoms with Gasteiger partial charge < -0.3 is 10.3 Å². The third-order valence-electron chi connectivity index (χ3n) is 2.06. The third kappa shape index (κ3) is 3.07. The number of nitrogens with two attached hydrogens (primary N) is 1. The Bertz CT molecular complexity index is 706. The van der Waals surface area contributed by atoms with Gasteiger partial charge in [-0.2, -0.15) is 4.98 Å². The van der Waals surface area contributed by atoms with Gasteiger partial charge in [0.15, 0.2) is 5.82 Å². The summed E-state index contributed by atoms with van der Waals surface area (Å²) in [5, 5.41) is 3.49. The van der Waals surface area contributed by atoms with Gasteiger partial charge in [-0.25, -0.2) is 13.1 Å². The average Bonchev–Trinajstić information content (AvgIpc) is 2.60. The zero-order valence-corrected chi connectivity index (χ0v) is 13.5. The van der Waals surface area contributed by atoms with Gasteiger partial charge in [0, 0.05) is 8.95 Å². The van der Waals surface area contributed by atoms with Crippen LogP contribution in [-0.4, -0.2) is 18.6 Å². The van der Waals surface area contributed by atoms with Crippen molar-refractivity contribution in [1.29, 1.82) is 0 Å². The van der Waals surface area contributed by atoms with Crippen LogP contribution in [0.3, 0.4) is 0 Å². The first-order chi connectivity index (χ1) is 8.79. The van der Waals surface area contributed by atoms with Gasteiger partial charge in [-0.15, -0.1) is 0 Å².